The van der Waals surface area contributed by atoms with Crippen molar-refractivity contribution in [2.45, 2.75) is 20.4 Å². The number of anilines is 2. The molecular formula is C28H26N8O4. The number of pyridine rings is 1. The first kappa shape index (κ1) is 26.1. The third kappa shape index (κ3) is 6.13. The van der Waals surface area contributed by atoms with Crippen molar-refractivity contribution in [1.82, 2.24) is 30.2 Å². The van der Waals surface area contributed by atoms with E-state index in [-0.39, 0.29) is 29.9 Å². The summed E-state index contributed by atoms with van der Waals surface area (Å²) in [5.41, 5.74) is 4.43. The highest BCUT2D eigenvalue weighted by Gasteiger charge is 2.22. The van der Waals surface area contributed by atoms with Gasteiger partial charge in [-0.2, -0.15) is 0 Å². The van der Waals surface area contributed by atoms with Crippen LogP contribution in [0.4, 0.5) is 11.6 Å². The summed E-state index contributed by atoms with van der Waals surface area (Å²) in [7, 11) is 0. The zero-order valence-corrected chi connectivity index (χ0v) is 21.7. The first-order valence-corrected chi connectivity index (χ1v) is 12.4. The Morgan fingerprint density at radius 2 is 1.82 bits per heavy atom. The van der Waals surface area contributed by atoms with Crippen LogP contribution >= 0.6 is 0 Å². The lowest BCUT2D eigenvalue weighted by molar-refractivity contribution is -0.123. The van der Waals surface area contributed by atoms with E-state index in [4.69, 9.17) is 4.74 Å². The van der Waals surface area contributed by atoms with E-state index in [0.717, 1.165) is 16.8 Å². The van der Waals surface area contributed by atoms with Gasteiger partial charge in [0.15, 0.2) is 12.3 Å². The van der Waals surface area contributed by atoms with E-state index in [0.29, 0.717) is 29.0 Å². The molecule has 5 N–H and O–H groups in total. The average Bonchev–Trinajstić information content (AvgIpc) is 3.60. The van der Waals surface area contributed by atoms with Crippen molar-refractivity contribution >= 4 is 40.4 Å². The minimum atomic E-state index is -0.594. The highest BCUT2D eigenvalue weighted by atomic mass is 16.5. The zero-order chi connectivity index (χ0) is 28.1. The fourth-order valence-corrected chi connectivity index (χ4v) is 3.97. The van der Waals surface area contributed by atoms with Crippen LogP contribution in [0.2, 0.25) is 0 Å². The molecule has 0 radical (unpaired) electrons. The molecular weight excluding hydrogens is 512 g/mol. The number of amides is 3. The van der Waals surface area contributed by atoms with Crippen LogP contribution in [0.5, 0.6) is 5.75 Å². The minimum absolute atomic E-state index is 0.0107. The summed E-state index contributed by atoms with van der Waals surface area (Å²) in [4.78, 5) is 56.2. The Kier molecular flexibility index (Phi) is 7.49. The predicted molar refractivity (Wildman–Crippen MR) is 148 cm³/mol. The van der Waals surface area contributed by atoms with E-state index < -0.39 is 11.8 Å². The van der Waals surface area contributed by atoms with Gasteiger partial charge >= 0.3 is 0 Å². The van der Waals surface area contributed by atoms with Gasteiger partial charge in [-0.05, 0) is 49.7 Å². The number of hydrogen-bond acceptors (Lipinski definition) is 7. The first-order chi connectivity index (χ1) is 19.4. The molecule has 0 saturated carbocycles. The fourth-order valence-electron chi connectivity index (χ4n) is 3.97. The summed E-state index contributed by atoms with van der Waals surface area (Å²) in [6.07, 6.45) is 2.94. The van der Waals surface area contributed by atoms with Crippen molar-refractivity contribution in [3.05, 3.63) is 95.3 Å². The minimum Gasteiger partial charge on any atom is -0.484 e. The number of carbonyl (C=O) groups is 3. The zero-order valence-electron chi connectivity index (χ0n) is 21.7. The first-order valence-electron chi connectivity index (χ1n) is 12.4. The van der Waals surface area contributed by atoms with Crippen molar-refractivity contribution in [3.63, 3.8) is 0 Å². The molecule has 3 heterocycles. The number of fused-ring (bicyclic) bond motifs is 1. The number of aromatic nitrogens is 5. The lowest BCUT2D eigenvalue weighted by Gasteiger charge is -2.09. The largest absolute Gasteiger partial charge is 0.484 e. The number of H-pyrrole nitrogens is 2. The topological polar surface area (TPSA) is 167 Å². The molecule has 0 fully saturated rings. The number of carbonyl (C=O) groups excluding carboxylic acids is 3. The smallest absolute Gasteiger partial charge is 0.276 e. The molecule has 0 aliphatic rings. The van der Waals surface area contributed by atoms with E-state index in [1.807, 2.05) is 38.1 Å². The Morgan fingerprint density at radius 3 is 2.62 bits per heavy atom. The van der Waals surface area contributed by atoms with Crippen LogP contribution in [-0.4, -0.2) is 49.2 Å². The maximum absolute atomic E-state index is 13.0. The van der Waals surface area contributed by atoms with Gasteiger partial charge in [0.25, 0.3) is 17.7 Å². The second-order valence-corrected chi connectivity index (χ2v) is 9.00. The lowest BCUT2D eigenvalue weighted by atomic mass is 10.1. The standard InChI is InChI=1S/C28H26N8O4/c1-16-6-8-20(17(2)11-16)33-26(38)24-25(32-15-31-24)27(39)36-28-34-21-9-7-19(12-22(21)35-28)40-14-23(37)30-13-18-5-3-4-10-29-18/h3-12,15H,13-14H2,1-2H3,(H,30,37)(H,31,32)(H,33,38)(H2,34,35,36,39). The van der Waals surface area contributed by atoms with Crippen LogP contribution in [0.25, 0.3) is 11.0 Å². The monoisotopic (exact) mass is 538 g/mol. The second kappa shape index (κ2) is 11.5. The molecule has 0 saturated heterocycles. The maximum atomic E-state index is 13.0. The molecule has 3 aromatic heterocycles. The highest BCUT2D eigenvalue weighted by Crippen LogP contribution is 2.22. The van der Waals surface area contributed by atoms with Gasteiger partial charge in [0.05, 0.1) is 29.6 Å². The van der Waals surface area contributed by atoms with Gasteiger partial charge in [0.2, 0.25) is 5.95 Å². The van der Waals surface area contributed by atoms with Crippen molar-refractivity contribution < 1.29 is 19.1 Å². The Balaban J connectivity index is 1.20. The molecule has 5 aromatic rings. The molecule has 202 valence electrons. The van der Waals surface area contributed by atoms with Crippen LogP contribution < -0.4 is 20.7 Å². The summed E-state index contributed by atoms with van der Waals surface area (Å²) >= 11 is 0. The summed E-state index contributed by atoms with van der Waals surface area (Å²) < 4.78 is 5.59. The van der Waals surface area contributed by atoms with E-state index in [2.05, 4.69) is 40.9 Å². The predicted octanol–water partition coefficient (Wildman–Crippen LogP) is 3.50. The van der Waals surface area contributed by atoms with E-state index in [1.54, 1.807) is 36.5 Å². The molecule has 40 heavy (non-hydrogen) atoms. The third-order valence-electron chi connectivity index (χ3n) is 5.96. The SMILES string of the molecule is Cc1ccc(NC(=O)c2nc[nH]c2C(=O)Nc2nc3cc(OCC(=O)NCc4ccccn4)ccc3[nH]2)c(C)c1. The van der Waals surface area contributed by atoms with Crippen LogP contribution in [0.15, 0.2) is 67.1 Å². The molecule has 0 aliphatic carbocycles. The number of nitrogens with one attached hydrogen (secondary N) is 5. The van der Waals surface area contributed by atoms with Gasteiger partial charge in [-0.25, -0.2) is 9.97 Å². The summed E-state index contributed by atoms with van der Waals surface area (Å²) in [5, 5.41) is 8.18. The van der Waals surface area contributed by atoms with Crippen LogP contribution in [-0.2, 0) is 11.3 Å². The molecule has 0 bridgehead atoms. The molecule has 2 aromatic carbocycles. The fraction of sp³-hybridized carbons (Fsp3) is 0.143. The molecule has 12 nitrogen and oxygen atoms in total. The van der Waals surface area contributed by atoms with Gasteiger partial charge in [-0.15, -0.1) is 0 Å². The summed E-state index contributed by atoms with van der Waals surface area (Å²) in [6.45, 7) is 3.97. The molecule has 12 heteroatoms. The van der Waals surface area contributed by atoms with Gasteiger partial charge in [-0.1, -0.05) is 23.8 Å². The lowest BCUT2D eigenvalue weighted by Crippen LogP contribution is -2.28. The normalized spacial score (nSPS) is 10.8. The quantitative estimate of drug-likeness (QED) is 0.191. The number of aryl methyl sites for hydroxylation is 2. The number of ether oxygens (including phenoxy) is 1. The maximum Gasteiger partial charge on any atom is 0.276 e. The van der Waals surface area contributed by atoms with Gasteiger partial charge in [0.1, 0.15) is 11.4 Å². The number of aromatic amines is 2. The average molecular weight is 539 g/mol. The van der Waals surface area contributed by atoms with Crippen LogP contribution in [0, 0.1) is 13.8 Å². The summed E-state index contributed by atoms with van der Waals surface area (Å²) in [5.74, 6) is -0.806. The third-order valence-corrected chi connectivity index (χ3v) is 5.96. The number of rotatable bonds is 9. The van der Waals surface area contributed by atoms with Crippen molar-refractivity contribution in [1.29, 1.82) is 0 Å². The van der Waals surface area contributed by atoms with Gasteiger partial charge in [0, 0.05) is 18.0 Å². The molecule has 0 atom stereocenters. The van der Waals surface area contributed by atoms with Crippen LogP contribution in [0.1, 0.15) is 37.8 Å². The molecule has 0 spiro atoms. The van der Waals surface area contributed by atoms with E-state index >= 15 is 0 Å². The number of imidazole rings is 2. The Bertz CT molecular complexity index is 1690. The van der Waals surface area contributed by atoms with Crippen molar-refractivity contribution in [3.8, 4) is 5.75 Å². The molecule has 3 amide bonds. The Hall–Kier alpha value is -5.52. The molecule has 0 unspecified atom stereocenters. The van der Waals surface area contributed by atoms with E-state index in [1.165, 1.54) is 6.33 Å². The van der Waals surface area contributed by atoms with Crippen molar-refractivity contribution in [2.24, 2.45) is 0 Å². The van der Waals surface area contributed by atoms with Gasteiger partial charge < -0.3 is 25.3 Å². The second-order valence-electron chi connectivity index (χ2n) is 9.00. The highest BCUT2D eigenvalue weighted by molar-refractivity contribution is 6.13. The molecule has 5 rings (SSSR count). The Labute approximate surface area is 228 Å². The number of benzene rings is 2. The van der Waals surface area contributed by atoms with Crippen LogP contribution in [0.3, 0.4) is 0 Å². The van der Waals surface area contributed by atoms with Crippen molar-refractivity contribution in [2.75, 3.05) is 17.2 Å². The number of hydrogen-bond donors (Lipinski definition) is 5. The van der Waals surface area contributed by atoms with E-state index in [9.17, 15) is 14.4 Å². The molecule has 0 aliphatic heterocycles. The Morgan fingerprint density at radius 1 is 0.950 bits per heavy atom. The van der Waals surface area contributed by atoms with Gasteiger partial charge in [-0.3, -0.25) is 24.7 Å². The summed E-state index contributed by atoms with van der Waals surface area (Å²) in [6, 6.07) is 16.2. The number of nitrogens with zero attached hydrogens (tertiary/aromatic N) is 3.